The molecule has 0 unspecified atom stereocenters. The van der Waals surface area contributed by atoms with Gasteiger partial charge in [0.05, 0.1) is 6.61 Å². The SMILES string of the molecule is CCCCOC(=O)CC.Cl[SiH](Cl)Cl. The lowest BCUT2D eigenvalue weighted by Gasteiger charge is -1.99. The number of halogens is 3. The zero-order valence-corrected chi connectivity index (χ0v) is 11.3. The third-order valence-corrected chi connectivity index (χ3v) is 1.05. The average Bonchev–Trinajstić information content (AvgIpc) is 2.03. The van der Waals surface area contributed by atoms with Gasteiger partial charge in [-0.3, -0.25) is 4.79 Å². The maximum absolute atomic E-state index is 10.5. The van der Waals surface area contributed by atoms with E-state index in [0.717, 1.165) is 12.8 Å². The highest BCUT2D eigenvalue weighted by atomic mass is 35.8. The number of ether oxygens (including phenoxy) is 1. The fourth-order valence-corrected chi connectivity index (χ4v) is 0.432. The van der Waals surface area contributed by atoms with Gasteiger partial charge in [0.25, 0.3) is 0 Å². The molecule has 0 aromatic carbocycles. The van der Waals surface area contributed by atoms with Crippen LogP contribution >= 0.6 is 33.2 Å². The lowest BCUT2D eigenvalue weighted by atomic mass is 10.4. The highest BCUT2D eigenvalue weighted by molar-refractivity contribution is 7.54. The molecule has 0 aliphatic rings. The van der Waals surface area contributed by atoms with E-state index in [2.05, 4.69) is 6.92 Å². The molecule has 0 aromatic rings. The zero-order valence-electron chi connectivity index (χ0n) is 7.86. The Kier molecular flexibility index (Phi) is 15.5. The van der Waals surface area contributed by atoms with Crippen molar-refractivity contribution in [2.45, 2.75) is 33.1 Å². The van der Waals surface area contributed by atoms with E-state index in [9.17, 15) is 4.79 Å². The molecule has 80 valence electrons. The number of hydrogen-bond donors (Lipinski definition) is 0. The third-order valence-electron chi connectivity index (χ3n) is 1.05. The Morgan fingerprint density at radius 1 is 1.31 bits per heavy atom. The van der Waals surface area contributed by atoms with E-state index in [0.29, 0.717) is 13.0 Å². The molecule has 13 heavy (non-hydrogen) atoms. The first-order chi connectivity index (χ1) is 6.04. The van der Waals surface area contributed by atoms with E-state index in [1.165, 1.54) is 0 Å². The zero-order chi connectivity index (χ0) is 10.7. The second kappa shape index (κ2) is 12.6. The van der Waals surface area contributed by atoms with E-state index in [1.807, 2.05) is 0 Å². The molecule has 0 spiro atoms. The van der Waals surface area contributed by atoms with Gasteiger partial charge >= 0.3 is 12.7 Å². The summed E-state index contributed by atoms with van der Waals surface area (Å²) in [5, 5.41) is 0. The first-order valence-corrected chi connectivity index (χ1v) is 9.36. The van der Waals surface area contributed by atoms with Crippen LogP contribution in [0.2, 0.25) is 0 Å². The molecule has 0 fully saturated rings. The average molecular weight is 266 g/mol. The molecule has 0 saturated heterocycles. The van der Waals surface area contributed by atoms with Gasteiger partial charge in [-0.1, -0.05) is 20.3 Å². The number of rotatable bonds is 4. The van der Waals surface area contributed by atoms with Crippen molar-refractivity contribution >= 4 is 45.9 Å². The van der Waals surface area contributed by atoms with Crippen LogP contribution < -0.4 is 0 Å². The first-order valence-electron chi connectivity index (χ1n) is 4.12. The summed E-state index contributed by atoms with van der Waals surface area (Å²) in [6.45, 7) is 2.73. The van der Waals surface area contributed by atoms with E-state index in [-0.39, 0.29) is 5.97 Å². The van der Waals surface area contributed by atoms with Crippen molar-refractivity contribution < 1.29 is 9.53 Å². The minimum Gasteiger partial charge on any atom is -0.466 e. The van der Waals surface area contributed by atoms with Gasteiger partial charge in [-0.2, -0.15) is 0 Å². The molecule has 0 aliphatic heterocycles. The minimum absolute atomic E-state index is 0.0940. The van der Waals surface area contributed by atoms with Crippen LogP contribution in [0.4, 0.5) is 0 Å². The van der Waals surface area contributed by atoms with Crippen molar-refractivity contribution in [3.63, 3.8) is 0 Å². The van der Waals surface area contributed by atoms with Crippen molar-refractivity contribution in [3.05, 3.63) is 0 Å². The van der Waals surface area contributed by atoms with E-state index in [4.69, 9.17) is 38.0 Å². The third kappa shape index (κ3) is 24.5. The van der Waals surface area contributed by atoms with Crippen LogP contribution in [0.25, 0.3) is 0 Å². The molecule has 0 aliphatic carbocycles. The van der Waals surface area contributed by atoms with Crippen molar-refractivity contribution in [1.82, 2.24) is 0 Å². The first kappa shape index (κ1) is 16.0. The monoisotopic (exact) mass is 264 g/mol. The molecule has 2 nitrogen and oxygen atoms in total. The number of carbonyl (C=O) groups is 1. The van der Waals surface area contributed by atoms with Crippen LogP contribution in [0.15, 0.2) is 0 Å². The summed E-state index contributed by atoms with van der Waals surface area (Å²) in [4.78, 5) is 10.5. The van der Waals surface area contributed by atoms with Gasteiger partial charge in [0, 0.05) is 6.42 Å². The second-order valence-electron chi connectivity index (χ2n) is 2.18. The van der Waals surface area contributed by atoms with Crippen LogP contribution in [-0.4, -0.2) is 19.3 Å². The molecule has 0 aromatic heterocycles. The summed E-state index contributed by atoms with van der Waals surface area (Å²) in [6, 6.07) is 0. The predicted molar refractivity (Wildman–Crippen MR) is 60.9 cm³/mol. The Labute approximate surface area is 95.2 Å². The molecule has 0 radical (unpaired) electrons. The molecule has 0 amide bonds. The molecular formula is C7H15Cl3O2Si. The molecule has 0 N–H and O–H groups in total. The van der Waals surface area contributed by atoms with Gasteiger partial charge in [-0.05, 0) is 6.42 Å². The maximum Gasteiger partial charge on any atom is 0.326 e. The summed E-state index contributed by atoms with van der Waals surface area (Å²) in [6.07, 6.45) is 2.55. The second-order valence-corrected chi connectivity index (χ2v) is 8.61. The molecule has 0 bridgehead atoms. The summed E-state index contributed by atoms with van der Waals surface area (Å²) in [5.74, 6) is -0.0940. The van der Waals surface area contributed by atoms with E-state index < -0.39 is 6.73 Å². The minimum atomic E-state index is -1.72. The van der Waals surface area contributed by atoms with Gasteiger partial charge in [0.2, 0.25) is 0 Å². The Morgan fingerprint density at radius 3 is 2.08 bits per heavy atom. The van der Waals surface area contributed by atoms with Gasteiger partial charge < -0.3 is 4.74 Å². The normalized spacial score (nSPS) is 9.08. The lowest BCUT2D eigenvalue weighted by molar-refractivity contribution is -0.143. The van der Waals surface area contributed by atoms with Gasteiger partial charge in [0.15, 0.2) is 0 Å². The quantitative estimate of drug-likeness (QED) is 0.338. The van der Waals surface area contributed by atoms with Crippen LogP contribution in [0.5, 0.6) is 0 Å². The number of unbranched alkanes of at least 4 members (excludes halogenated alkanes) is 1. The van der Waals surface area contributed by atoms with E-state index in [1.54, 1.807) is 6.92 Å². The number of carbonyl (C=O) groups excluding carboxylic acids is 1. The van der Waals surface area contributed by atoms with Crippen molar-refractivity contribution in [3.8, 4) is 0 Å². The number of hydrogen-bond acceptors (Lipinski definition) is 2. The standard InChI is InChI=1S/C7H14O2.Cl3HSi/c1-3-5-6-9-7(8)4-2;1-4(2)3/h3-6H2,1-2H3;4H. The van der Waals surface area contributed by atoms with Crippen LogP contribution in [0, 0.1) is 0 Å². The van der Waals surface area contributed by atoms with Crippen LogP contribution in [0.3, 0.4) is 0 Å². The molecular weight excluding hydrogens is 251 g/mol. The topological polar surface area (TPSA) is 26.3 Å². The van der Waals surface area contributed by atoms with Gasteiger partial charge in [-0.25, -0.2) is 0 Å². The van der Waals surface area contributed by atoms with E-state index >= 15 is 0 Å². The largest absolute Gasteiger partial charge is 0.466 e. The Bertz CT molecular complexity index is 120. The summed E-state index contributed by atoms with van der Waals surface area (Å²) in [7, 11) is 0. The van der Waals surface area contributed by atoms with Crippen molar-refractivity contribution in [2.24, 2.45) is 0 Å². The van der Waals surface area contributed by atoms with Crippen molar-refractivity contribution in [1.29, 1.82) is 0 Å². The summed E-state index contributed by atoms with van der Waals surface area (Å²) < 4.78 is 4.79. The maximum atomic E-state index is 10.5. The van der Waals surface area contributed by atoms with Gasteiger partial charge in [0.1, 0.15) is 0 Å². The molecule has 0 atom stereocenters. The predicted octanol–water partition coefficient (Wildman–Crippen LogP) is 3.16. The Balaban J connectivity index is 0. The summed E-state index contributed by atoms with van der Waals surface area (Å²) in [5.41, 5.74) is 0. The van der Waals surface area contributed by atoms with Crippen molar-refractivity contribution in [2.75, 3.05) is 6.61 Å². The Morgan fingerprint density at radius 2 is 1.77 bits per heavy atom. The Hall–Kier alpha value is 0.557. The summed E-state index contributed by atoms with van der Waals surface area (Å²) >= 11 is 14.8. The van der Waals surface area contributed by atoms with Crippen LogP contribution in [-0.2, 0) is 9.53 Å². The molecule has 0 heterocycles. The molecule has 0 rings (SSSR count). The smallest absolute Gasteiger partial charge is 0.326 e. The fourth-order valence-electron chi connectivity index (χ4n) is 0.432. The van der Waals surface area contributed by atoms with Crippen LogP contribution in [0.1, 0.15) is 33.1 Å². The number of esters is 1. The highest BCUT2D eigenvalue weighted by Gasteiger charge is 1.94. The molecule has 0 saturated carbocycles. The fraction of sp³-hybridized carbons (Fsp3) is 0.857. The lowest BCUT2D eigenvalue weighted by Crippen LogP contribution is -2.02. The van der Waals surface area contributed by atoms with Gasteiger partial charge in [-0.15, -0.1) is 33.2 Å². The highest BCUT2D eigenvalue weighted by Crippen LogP contribution is 1.97. The molecule has 6 heteroatoms.